The average Bonchev–Trinajstić information content (AvgIpc) is 2.37. The SMILES string of the molecule is CC1CC(NS(=O)(=O)c2cccc(S(N)(=O)=O)c2)CCN1.Cl. The third kappa shape index (κ3) is 4.90. The molecule has 0 spiro atoms. The van der Waals surface area contributed by atoms with Crippen LogP contribution in [0.25, 0.3) is 0 Å². The van der Waals surface area contributed by atoms with Crippen LogP contribution < -0.4 is 15.2 Å². The third-order valence-corrected chi connectivity index (χ3v) is 5.82. The fourth-order valence-electron chi connectivity index (χ4n) is 2.34. The average molecular weight is 370 g/mol. The number of rotatable bonds is 4. The molecular formula is C12H20ClN3O4S2. The Balaban J connectivity index is 0.00000242. The summed E-state index contributed by atoms with van der Waals surface area (Å²) in [6, 6.07) is 5.12. The molecule has 126 valence electrons. The highest BCUT2D eigenvalue weighted by Crippen LogP contribution is 2.17. The standard InChI is InChI=1S/C12H19N3O4S2.ClH/c1-9-7-10(5-6-14-9)15-21(18,19)12-4-2-3-11(8-12)20(13,16)17;/h2-4,8-10,14-15H,5-7H2,1H3,(H2,13,16,17);1H. The highest BCUT2D eigenvalue weighted by atomic mass is 35.5. The number of sulfonamides is 2. The summed E-state index contributed by atoms with van der Waals surface area (Å²) in [5, 5.41) is 8.26. The zero-order valence-electron chi connectivity index (χ0n) is 12.0. The Kier molecular flexibility index (Phi) is 6.36. The van der Waals surface area contributed by atoms with E-state index in [9.17, 15) is 16.8 Å². The van der Waals surface area contributed by atoms with E-state index in [4.69, 9.17) is 5.14 Å². The second-order valence-corrected chi connectivity index (χ2v) is 8.49. The Morgan fingerprint density at radius 3 is 2.45 bits per heavy atom. The monoisotopic (exact) mass is 369 g/mol. The number of hydrogen-bond donors (Lipinski definition) is 3. The molecule has 2 unspecified atom stereocenters. The second-order valence-electron chi connectivity index (χ2n) is 5.22. The molecule has 22 heavy (non-hydrogen) atoms. The third-order valence-electron chi connectivity index (χ3n) is 3.39. The molecule has 1 saturated heterocycles. The van der Waals surface area contributed by atoms with Gasteiger partial charge >= 0.3 is 0 Å². The molecule has 0 radical (unpaired) electrons. The molecule has 0 amide bonds. The van der Waals surface area contributed by atoms with Crippen LogP contribution in [0.15, 0.2) is 34.1 Å². The maximum atomic E-state index is 12.3. The minimum Gasteiger partial charge on any atom is -0.314 e. The van der Waals surface area contributed by atoms with Crippen molar-refractivity contribution in [3.63, 3.8) is 0 Å². The van der Waals surface area contributed by atoms with E-state index in [1.807, 2.05) is 6.92 Å². The first-order valence-electron chi connectivity index (χ1n) is 6.57. The lowest BCUT2D eigenvalue weighted by Crippen LogP contribution is -2.46. The quantitative estimate of drug-likeness (QED) is 0.699. The first-order chi connectivity index (χ1) is 9.68. The number of nitrogens with one attached hydrogen (secondary N) is 2. The van der Waals surface area contributed by atoms with Crippen LogP contribution in [0.3, 0.4) is 0 Å². The summed E-state index contributed by atoms with van der Waals surface area (Å²) in [5.41, 5.74) is 0. The summed E-state index contributed by atoms with van der Waals surface area (Å²) >= 11 is 0. The predicted octanol–water partition coefficient (Wildman–Crippen LogP) is 0.175. The molecule has 1 aliphatic rings. The van der Waals surface area contributed by atoms with Crippen LogP contribution >= 0.6 is 12.4 Å². The predicted molar refractivity (Wildman–Crippen MR) is 85.9 cm³/mol. The maximum Gasteiger partial charge on any atom is 0.240 e. The van der Waals surface area contributed by atoms with Gasteiger partial charge in [-0.3, -0.25) is 0 Å². The second kappa shape index (κ2) is 7.24. The van der Waals surface area contributed by atoms with Crippen molar-refractivity contribution in [2.24, 2.45) is 5.14 Å². The van der Waals surface area contributed by atoms with Crippen LogP contribution in [-0.2, 0) is 20.0 Å². The molecule has 1 aromatic carbocycles. The summed E-state index contributed by atoms with van der Waals surface area (Å²) in [5.74, 6) is 0. The lowest BCUT2D eigenvalue weighted by Gasteiger charge is -2.28. The van der Waals surface area contributed by atoms with Crippen molar-refractivity contribution in [1.29, 1.82) is 0 Å². The summed E-state index contributed by atoms with van der Waals surface area (Å²) < 4.78 is 49.9. The normalized spacial score (nSPS) is 22.8. The number of nitrogens with two attached hydrogens (primary N) is 1. The Morgan fingerprint density at radius 1 is 1.23 bits per heavy atom. The zero-order chi connectivity index (χ0) is 15.7. The van der Waals surface area contributed by atoms with Gasteiger partial charge in [0.25, 0.3) is 0 Å². The van der Waals surface area contributed by atoms with Gasteiger partial charge < -0.3 is 5.32 Å². The van der Waals surface area contributed by atoms with Crippen LogP contribution in [0.4, 0.5) is 0 Å². The topological polar surface area (TPSA) is 118 Å². The van der Waals surface area contributed by atoms with Gasteiger partial charge in [-0.15, -0.1) is 12.4 Å². The summed E-state index contributed by atoms with van der Waals surface area (Å²) in [6.45, 7) is 2.73. The molecule has 10 heteroatoms. The van der Waals surface area contributed by atoms with Crippen LogP contribution in [0.2, 0.25) is 0 Å². The summed E-state index contributed by atoms with van der Waals surface area (Å²) in [4.78, 5) is -0.315. The van der Waals surface area contributed by atoms with Gasteiger partial charge in [0, 0.05) is 12.1 Å². The van der Waals surface area contributed by atoms with E-state index >= 15 is 0 Å². The number of hydrogen-bond acceptors (Lipinski definition) is 5. The van der Waals surface area contributed by atoms with Gasteiger partial charge in [0.1, 0.15) is 0 Å². The first kappa shape index (κ1) is 19.3. The van der Waals surface area contributed by atoms with Crippen molar-refractivity contribution in [1.82, 2.24) is 10.0 Å². The minimum atomic E-state index is -3.93. The van der Waals surface area contributed by atoms with Crippen LogP contribution in [0.5, 0.6) is 0 Å². The Labute approximate surface area is 137 Å². The van der Waals surface area contributed by atoms with Gasteiger partial charge in [-0.1, -0.05) is 6.07 Å². The Bertz CT molecular complexity index is 722. The van der Waals surface area contributed by atoms with Gasteiger partial charge in [0.15, 0.2) is 0 Å². The fourth-order valence-corrected chi connectivity index (χ4v) is 4.31. The lowest BCUT2D eigenvalue weighted by atomic mass is 10.0. The van der Waals surface area contributed by atoms with Gasteiger partial charge in [-0.05, 0) is 44.5 Å². The van der Waals surface area contributed by atoms with Crippen LogP contribution in [0.1, 0.15) is 19.8 Å². The van der Waals surface area contributed by atoms with Gasteiger partial charge in [-0.2, -0.15) is 0 Å². The molecule has 2 atom stereocenters. The van der Waals surface area contributed by atoms with Crippen molar-refractivity contribution in [3.8, 4) is 0 Å². The van der Waals surface area contributed by atoms with E-state index < -0.39 is 20.0 Å². The van der Waals surface area contributed by atoms with Crippen molar-refractivity contribution < 1.29 is 16.8 Å². The molecule has 4 N–H and O–H groups in total. The van der Waals surface area contributed by atoms with Crippen molar-refractivity contribution in [2.45, 2.75) is 41.6 Å². The molecule has 0 bridgehead atoms. The molecule has 0 aliphatic carbocycles. The number of piperidine rings is 1. The smallest absolute Gasteiger partial charge is 0.240 e. The van der Waals surface area contributed by atoms with Crippen molar-refractivity contribution in [3.05, 3.63) is 24.3 Å². The minimum absolute atomic E-state index is 0. The van der Waals surface area contributed by atoms with E-state index in [2.05, 4.69) is 10.0 Å². The van der Waals surface area contributed by atoms with E-state index in [-0.39, 0.29) is 34.3 Å². The number of benzene rings is 1. The molecule has 7 nitrogen and oxygen atoms in total. The van der Waals surface area contributed by atoms with Crippen molar-refractivity contribution >= 4 is 32.5 Å². The van der Waals surface area contributed by atoms with Crippen molar-refractivity contribution in [2.75, 3.05) is 6.54 Å². The lowest BCUT2D eigenvalue weighted by molar-refractivity contribution is 0.361. The molecule has 1 aliphatic heterocycles. The van der Waals surface area contributed by atoms with Gasteiger partial charge in [0.2, 0.25) is 20.0 Å². The maximum absolute atomic E-state index is 12.3. The summed E-state index contributed by atoms with van der Waals surface area (Å²) in [7, 11) is -7.69. The van der Waals surface area contributed by atoms with E-state index in [0.29, 0.717) is 12.8 Å². The molecule has 1 heterocycles. The summed E-state index contributed by atoms with van der Waals surface area (Å²) in [6.07, 6.45) is 1.38. The Morgan fingerprint density at radius 2 is 1.86 bits per heavy atom. The van der Waals surface area contributed by atoms with E-state index in [0.717, 1.165) is 12.6 Å². The van der Waals surface area contributed by atoms with E-state index in [1.165, 1.54) is 18.2 Å². The molecule has 1 aromatic rings. The largest absolute Gasteiger partial charge is 0.314 e. The van der Waals surface area contributed by atoms with Crippen LogP contribution in [0, 0.1) is 0 Å². The zero-order valence-corrected chi connectivity index (χ0v) is 14.5. The van der Waals surface area contributed by atoms with E-state index in [1.54, 1.807) is 0 Å². The first-order valence-corrected chi connectivity index (χ1v) is 9.60. The Hall–Kier alpha value is -0.710. The molecule has 2 rings (SSSR count). The highest BCUT2D eigenvalue weighted by Gasteiger charge is 2.25. The number of primary sulfonamides is 1. The van der Waals surface area contributed by atoms with Crippen LogP contribution in [-0.4, -0.2) is 35.5 Å². The molecular weight excluding hydrogens is 350 g/mol. The highest BCUT2D eigenvalue weighted by molar-refractivity contribution is 7.90. The fraction of sp³-hybridized carbons (Fsp3) is 0.500. The molecule has 1 fully saturated rings. The molecule has 0 aromatic heterocycles. The molecule has 0 saturated carbocycles. The number of halogens is 1. The van der Waals surface area contributed by atoms with Gasteiger partial charge in [-0.25, -0.2) is 26.7 Å². The van der Waals surface area contributed by atoms with Gasteiger partial charge in [0.05, 0.1) is 9.79 Å².